The van der Waals surface area contributed by atoms with Gasteiger partial charge in [-0.25, -0.2) is 4.98 Å². The van der Waals surface area contributed by atoms with Gasteiger partial charge in [-0.3, -0.25) is 0 Å². The minimum absolute atomic E-state index is 0.524. The van der Waals surface area contributed by atoms with Gasteiger partial charge in [0.25, 0.3) is 0 Å². The molecule has 4 heteroatoms. The third kappa shape index (κ3) is 2.39. The second-order valence-corrected chi connectivity index (χ2v) is 2.51. The van der Waals surface area contributed by atoms with Crippen LogP contribution in [0.5, 0.6) is 11.6 Å². The highest BCUT2D eigenvalue weighted by atomic mass is 16.5. The van der Waals surface area contributed by atoms with E-state index in [0.29, 0.717) is 11.6 Å². The SMILES string of the molecule is CO/C=C/c1cnc(OC)cc1OC. The van der Waals surface area contributed by atoms with E-state index in [9.17, 15) is 0 Å². The maximum absolute atomic E-state index is 5.16. The Morgan fingerprint density at radius 1 is 1.21 bits per heavy atom. The molecule has 76 valence electrons. The Morgan fingerprint density at radius 2 is 2.00 bits per heavy atom. The fraction of sp³-hybridized carbons (Fsp3) is 0.300. The highest BCUT2D eigenvalue weighted by Gasteiger charge is 2.02. The molecule has 0 atom stereocenters. The van der Waals surface area contributed by atoms with Crippen LogP contribution in [-0.2, 0) is 4.74 Å². The topological polar surface area (TPSA) is 40.6 Å². The van der Waals surface area contributed by atoms with E-state index >= 15 is 0 Å². The van der Waals surface area contributed by atoms with E-state index in [1.165, 1.54) is 0 Å². The van der Waals surface area contributed by atoms with Crippen molar-refractivity contribution >= 4 is 6.08 Å². The summed E-state index contributed by atoms with van der Waals surface area (Å²) < 4.78 is 14.9. The molecule has 0 N–H and O–H groups in total. The number of hydrogen-bond donors (Lipinski definition) is 0. The van der Waals surface area contributed by atoms with Gasteiger partial charge in [0, 0.05) is 17.8 Å². The van der Waals surface area contributed by atoms with Gasteiger partial charge in [-0.05, 0) is 6.08 Å². The minimum Gasteiger partial charge on any atom is -0.504 e. The monoisotopic (exact) mass is 195 g/mol. The molecule has 0 fully saturated rings. The van der Waals surface area contributed by atoms with Crippen molar-refractivity contribution in [3.8, 4) is 11.6 Å². The Labute approximate surface area is 83.1 Å². The molecule has 0 unspecified atom stereocenters. The number of rotatable bonds is 4. The predicted molar refractivity (Wildman–Crippen MR) is 53.4 cm³/mol. The van der Waals surface area contributed by atoms with Crippen LogP contribution >= 0.6 is 0 Å². The first-order valence-corrected chi connectivity index (χ1v) is 4.09. The van der Waals surface area contributed by atoms with E-state index in [0.717, 1.165) is 5.56 Å². The first-order chi connectivity index (χ1) is 6.81. The summed E-state index contributed by atoms with van der Waals surface area (Å²) in [6.07, 6.45) is 4.99. The van der Waals surface area contributed by atoms with Crippen LogP contribution in [0, 0.1) is 0 Å². The summed E-state index contributed by atoms with van der Waals surface area (Å²) in [5.74, 6) is 1.22. The van der Waals surface area contributed by atoms with Crippen LogP contribution in [0.4, 0.5) is 0 Å². The van der Waals surface area contributed by atoms with E-state index in [2.05, 4.69) is 4.98 Å². The molecular formula is C10H13NO3. The number of hydrogen-bond acceptors (Lipinski definition) is 4. The van der Waals surface area contributed by atoms with Gasteiger partial charge in [-0.2, -0.15) is 0 Å². The number of ether oxygens (including phenoxy) is 3. The Kier molecular flexibility index (Phi) is 3.79. The molecule has 0 bridgehead atoms. The maximum Gasteiger partial charge on any atom is 0.216 e. The molecule has 0 amide bonds. The summed E-state index contributed by atoms with van der Waals surface area (Å²) in [4.78, 5) is 4.05. The van der Waals surface area contributed by atoms with E-state index in [1.54, 1.807) is 45.9 Å². The third-order valence-corrected chi connectivity index (χ3v) is 1.68. The third-order valence-electron chi connectivity index (χ3n) is 1.68. The van der Waals surface area contributed by atoms with E-state index in [-0.39, 0.29) is 0 Å². The lowest BCUT2D eigenvalue weighted by Gasteiger charge is -2.05. The number of nitrogens with zero attached hydrogens (tertiary/aromatic N) is 1. The predicted octanol–water partition coefficient (Wildman–Crippen LogP) is 1.72. The maximum atomic E-state index is 5.16. The van der Waals surface area contributed by atoms with Crippen molar-refractivity contribution in [2.24, 2.45) is 0 Å². The lowest BCUT2D eigenvalue weighted by Crippen LogP contribution is -1.92. The average molecular weight is 195 g/mol. The molecule has 14 heavy (non-hydrogen) atoms. The van der Waals surface area contributed by atoms with E-state index < -0.39 is 0 Å². The molecule has 0 radical (unpaired) electrons. The van der Waals surface area contributed by atoms with Crippen LogP contribution in [0.15, 0.2) is 18.5 Å². The van der Waals surface area contributed by atoms with Crippen LogP contribution < -0.4 is 9.47 Å². The van der Waals surface area contributed by atoms with E-state index in [1.807, 2.05) is 0 Å². The lowest BCUT2D eigenvalue weighted by molar-refractivity contribution is 0.341. The fourth-order valence-electron chi connectivity index (χ4n) is 0.984. The van der Waals surface area contributed by atoms with Crippen molar-refractivity contribution in [1.82, 2.24) is 4.98 Å². The molecule has 1 heterocycles. The number of methoxy groups -OCH3 is 3. The molecule has 1 aromatic rings. The summed E-state index contributed by atoms with van der Waals surface area (Å²) in [6, 6.07) is 1.72. The summed E-state index contributed by atoms with van der Waals surface area (Å²) in [5, 5.41) is 0. The van der Waals surface area contributed by atoms with Crippen molar-refractivity contribution < 1.29 is 14.2 Å². The quantitative estimate of drug-likeness (QED) is 0.686. The van der Waals surface area contributed by atoms with Gasteiger partial charge in [0.2, 0.25) is 5.88 Å². The summed E-state index contributed by atoms with van der Waals surface area (Å²) in [6.45, 7) is 0. The largest absolute Gasteiger partial charge is 0.504 e. The van der Waals surface area contributed by atoms with Crippen molar-refractivity contribution in [2.45, 2.75) is 0 Å². The molecule has 0 saturated carbocycles. The molecular weight excluding hydrogens is 182 g/mol. The molecule has 0 aliphatic rings. The van der Waals surface area contributed by atoms with Crippen LogP contribution in [0.2, 0.25) is 0 Å². The van der Waals surface area contributed by atoms with Crippen molar-refractivity contribution in [3.63, 3.8) is 0 Å². The zero-order valence-electron chi connectivity index (χ0n) is 8.48. The summed E-state index contributed by atoms with van der Waals surface area (Å²) in [5.41, 5.74) is 0.843. The Hall–Kier alpha value is -1.71. The number of pyridine rings is 1. The molecule has 0 aromatic carbocycles. The second-order valence-electron chi connectivity index (χ2n) is 2.51. The Balaban J connectivity index is 2.99. The highest BCUT2D eigenvalue weighted by molar-refractivity contribution is 5.56. The molecule has 0 saturated heterocycles. The van der Waals surface area contributed by atoms with Gasteiger partial charge < -0.3 is 14.2 Å². The van der Waals surface area contributed by atoms with Crippen molar-refractivity contribution in [2.75, 3.05) is 21.3 Å². The second kappa shape index (κ2) is 5.11. The van der Waals surface area contributed by atoms with Gasteiger partial charge in [-0.1, -0.05) is 0 Å². The van der Waals surface area contributed by atoms with Crippen LogP contribution in [0.3, 0.4) is 0 Å². The van der Waals surface area contributed by atoms with Gasteiger partial charge in [-0.15, -0.1) is 0 Å². The van der Waals surface area contributed by atoms with Crippen LogP contribution in [0.25, 0.3) is 6.08 Å². The number of aromatic nitrogens is 1. The molecule has 0 aliphatic carbocycles. The van der Waals surface area contributed by atoms with Gasteiger partial charge in [0.1, 0.15) is 5.75 Å². The molecule has 0 aliphatic heterocycles. The zero-order chi connectivity index (χ0) is 10.4. The van der Waals surface area contributed by atoms with Gasteiger partial charge >= 0.3 is 0 Å². The minimum atomic E-state index is 0.524. The molecule has 4 nitrogen and oxygen atoms in total. The molecule has 1 rings (SSSR count). The molecule has 1 aromatic heterocycles. The summed E-state index contributed by atoms with van der Waals surface area (Å²) in [7, 11) is 4.74. The smallest absolute Gasteiger partial charge is 0.216 e. The van der Waals surface area contributed by atoms with Gasteiger partial charge in [0.05, 0.1) is 27.6 Å². The van der Waals surface area contributed by atoms with E-state index in [4.69, 9.17) is 14.2 Å². The van der Waals surface area contributed by atoms with Crippen molar-refractivity contribution in [1.29, 1.82) is 0 Å². The average Bonchev–Trinajstić information content (AvgIpc) is 2.26. The first kappa shape index (κ1) is 10.4. The Bertz CT molecular complexity index is 323. The summed E-state index contributed by atoms with van der Waals surface area (Å²) >= 11 is 0. The van der Waals surface area contributed by atoms with Crippen LogP contribution in [-0.4, -0.2) is 26.3 Å². The Morgan fingerprint density at radius 3 is 2.57 bits per heavy atom. The van der Waals surface area contributed by atoms with Gasteiger partial charge in [0.15, 0.2) is 0 Å². The normalized spacial score (nSPS) is 10.2. The highest BCUT2D eigenvalue weighted by Crippen LogP contribution is 2.22. The molecule has 0 spiro atoms. The van der Waals surface area contributed by atoms with Crippen molar-refractivity contribution in [3.05, 3.63) is 24.1 Å². The fourth-order valence-corrected chi connectivity index (χ4v) is 0.984. The van der Waals surface area contributed by atoms with Crippen LogP contribution in [0.1, 0.15) is 5.56 Å². The first-order valence-electron chi connectivity index (χ1n) is 4.09. The lowest BCUT2D eigenvalue weighted by atomic mass is 10.2. The zero-order valence-corrected chi connectivity index (χ0v) is 8.48. The standard InChI is InChI=1S/C10H13NO3/c1-12-5-4-8-7-11-10(14-3)6-9(8)13-2/h4-7H,1-3H3/b5-4+.